The number of aromatic nitrogens is 1. The van der Waals surface area contributed by atoms with Gasteiger partial charge in [0.15, 0.2) is 5.96 Å². The van der Waals surface area contributed by atoms with Crippen molar-refractivity contribution in [2.24, 2.45) is 4.99 Å². The van der Waals surface area contributed by atoms with Crippen LogP contribution in [0.25, 0.3) is 11.5 Å². The molecule has 29 heavy (non-hydrogen) atoms. The van der Waals surface area contributed by atoms with E-state index in [4.69, 9.17) is 9.15 Å². The molecular formula is C21H31N5O3. The van der Waals surface area contributed by atoms with Gasteiger partial charge in [-0.05, 0) is 46.8 Å². The lowest BCUT2D eigenvalue weighted by molar-refractivity contribution is 0.0529. The van der Waals surface area contributed by atoms with Gasteiger partial charge in [-0.15, -0.1) is 0 Å². The summed E-state index contributed by atoms with van der Waals surface area (Å²) in [5, 5.41) is 9.03. The van der Waals surface area contributed by atoms with E-state index in [1.807, 2.05) is 58.9 Å². The molecule has 158 valence electrons. The molecule has 2 aromatic rings. The summed E-state index contributed by atoms with van der Waals surface area (Å²) < 4.78 is 10.8. The minimum Gasteiger partial charge on any atom is -0.444 e. The van der Waals surface area contributed by atoms with Gasteiger partial charge in [0.1, 0.15) is 17.6 Å². The molecule has 8 nitrogen and oxygen atoms in total. The number of alkyl carbamates (subject to hydrolysis) is 1. The Balaban J connectivity index is 1.84. The van der Waals surface area contributed by atoms with Crippen molar-refractivity contribution in [3.63, 3.8) is 0 Å². The third-order valence-electron chi connectivity index (χ3n) is 3.68. The number of guanidine groups is 1. The summed E-state index contributed by atoms with van der Waals surface area (Å²) >= 11 is 0. The first-order valence-electron chi connectivity index (χ1n) is 9.77. The largest absolute Gasteiger partial charge is 0.444 e. The molecular weight excluding hydrogens is 370 g/mol. The molecule has 0 aliphatic rings. The minimum atomic E-state index is -0.511. The van der Waals surface area contributed by atoms with Gasteiger partial charge in [0, 0.05) is 25.2 Å². The number of rotatable bonds is 7. The van der Waals surface area contributed by atoms with Gasteiger partial charge in [-0.1, -0.05) is 17.7 Å². The van der Waals surface area contributed by atoms with Crippen molar-refractivity contribution in [1.82, 2.24) is 20.9 Å². The number of hydrogen-bond acceptors (Lipinski definition) is 5. The number of carbonyl (C=O) groups is 1. The monoisotopic (exact) mass is 401 g/mol. The number of oxazole rings is 1. The molecule has 0 atom stereocenters. The molecule has 2 rings (SSSR count). The van der Waals surface area contributed by atoms with Gasteiger partial charge in [0.2, 0.25) is 5.89 Å². The Labute approximate surface area is 172 Å². The van der Waals surface area contributed by atoms with Crippen molar-refractivity contribution in [3.8, 4) is 11.5 Å². The van der Waals surface area contributed by atoms with Crippen LogP contribution in [0.4, 0.5) is 4.79 Å². The predicted octanol–water partition coefficient (Wildman–Crippen LogP) is 3.23. The van der Waals surface area contributed by atoms with E-state index in [1.54, 1.807) is 6.26 Å². The summed E-state index contributed by atoms with van der Waals surface area (Å²) in [4.78, 5) is 20.7. The van der Waals surface area contributed by atoms with Crippen LogP contribution in [-0.4, -0.2) is 42.3 Å². The fourth-order valence-electron chi connectivity index (χ4n) is 2.37. The summed E-state index contributed by atoms with van der Waals surface area (Å²) in [5.41, 5.74) is 2.35. The minimum absolute atomic E-state index is 0.379. The molecule has 1 aromatic carbocycles. The third kappa shape index (κ3) is 8.25. The van der Waals surface area contributed by atoms with Crippen molar-refractivity contribution >= 4 is 12.1 Å². The van der Waals surface area contributed by atoms with E-state index in [1.165, 1.54) is 5.56 Å². The van der Waals surface area contributed by atoms with E-state index < -0.39 is 11.7 Å². The second-order valence-corrected chi connectivity index (χ2v) is 7.56. The lowest BCUT2D eigenvalue weighted by Gasteiger charge is -2.19. The van der Waals surface area contributed by atoms with Gasteiger partial charge >= 0.3 is 6.09 Å². The molecule has 0 aliphatic carbocycles. The number of nitrogens with one attached hydrogen (secondary N) is 3. The smallest absolute Gasteiger partial charge is 0.407 e. The fraction of sp³-hybridized carbons (Fsp3) is 0.476. The van der Waals surface area contributed by atoms with Crippen molar-refractivity contribution in [3.05, 3.63) is 41.8 Å². The highest BCUT2D eigenvalue weighted by Gasteiger charge is 2.15. The summed E-state index contributed by atoms with van der Waals surface area (Å²) in [5.74, 6) is 1.22. The highest BCUT2D eigenvalue weighted by Crippen LogP contribution is 2.19. The van der Waals surface area contributed by atoms with Crippen molar-refractivity contribution in [1.29, 1.82) is 0 Å². The predicted molar refractivity (Wildman–Crippen MR) is 114 cm³/mol. The molecule has 0 unspecified atom stereocenters. The third-order valence-corrected chi connectivity index (χ3v) is 3.68. The van der Waals surface area contributed by atoms with Crippen LogP contribution in [-0.2, 0) is 11.3 Å². The molecule has 0 spiro atoms. The van der Waals surface area contributed by atoms with Crippen LogP contribution in [0.5, 0.6) is 0 Å². The van der Waals surface area contributed by atoms with Crippen molar-refractivity contribution < 1.29 is 13.9 Å². The summed E-state index contributed by atoms with van der Waals surface area (Å²) in [6.45, 7) is 11.5. The number of nitrogens with zero attached hydrogens (tertiary/aromatic N) is 2. The van der Waals surface area contributed by atoms with Gasteiger partial charge in [-0.2, -0.15) is 0 Å². The first-order chi connectivity index (χ1) is 13.8. The maximum Gasteiger partial charge on any atom is 0.407 e. The zero-order chi connectivity index (χ0) is 21.3. The first kappa shape index (κ1) is 22.3. The summed E-state index contributed by atoms with van der Waals surface area (Å²) in [6, 6.07) is 8.01. The molecule has 0 aliphatic heterocycles. The number of benzene rings is 1. The first-order valence-corrected chi connectivity index (χ1v) is 9.77. The Bertz CT molecular complexity index is 806. The van der Waals surface area contributed by atoms with Crippen LogP contribution in [0.2, 0.25) is 0 Å². The van der Waals surface area contributed by atoms with Crippen molar-refractivity contribution in [2.45, 2.75) is 46.8 Å². The second kappa shape index (κ2) is 10.5. The Hall–Kier alpha value is -3.03. The molecule has 0 radical (unpaired) electrons. The quantitative estimate of drug-likeness (QED) is 0.374. The highest BCUT2D eigenvalue weighted by molar-refractivity contribution is 5.79. The normalized spacial score (nSPS) is 11.8. The number of aliphatic imine (C=N–C) groups is 1. The van der Waals surface area contributed by atoms with Crippen LogP contribution in [0, 0.1) is 6.92 Å². The zero-order valence-electron chi connectivity index (χ0n) is 17.8. The highest BCUT2D eigenvalue weighted by atomic mass is 16.6. The maximum absolute atomic E-state index is 11.7. The van der Waals surface area contributed by atoms with Crippen molar-refractivity contribution in [2.75, 3.05) is 19.6 Å². The van der Waals surface area contributed by atoms with Crippen LogP contribution in [0.1, 0.15) is 39.0 Å². The zero-order valence-corrected chi connectivity index (χ0v) is 17.8. The lowest BCUT2D eigenvalue weighted by atomic mass is 10.1. The van der Waals surface area contributed by atoms with Crippen LogP contribution < -0.4 is 16.0 Å². The molecule has 1 heterocycles. The molecule has 1 aromatic heterocycles. The second-order valence-electron chi connectivity index (χ2n) is 7.56. The average Bonchev–Trinajstić information content (AvgIpc) is 3.11. The average molecular weight is 402 g/mol. The van der Waals surface area contributed by atoms with E-state index in [0.717, 1.165) is 17.8 Å². The van der Waals surface area contributed by atoms with E-state index in [0.29, 0.717) is 31.5 Å². The number of hydrogen-bond donors (Lipinski definition) is 3. The van der Waals surface area contributed by atoms with Gasteiger partial charge in [0.05, 0.1) is 6.54 Å². The van der Waals surface area contributed by atoms with Crippen LogP contribution in [0.3, 0.4) is 0 Å². The van der Waals surface area contributed by atoms with E-state index in [9.17, 15) is 4.79 Å². The molecule has 8 heteroatoms. The van der Waals surface area contributed by atoms with E-state index >= 15 is 0 Å². The van der Waals surface area contributed by atoms with Crippen LogP contribution in [0.15, 0.2) is 39.9 Å². The topological polar surface area (TPSA) is 101 Å². The van der Waals surface area contributed by atoms with Gasteiger partial charge in [-0.25, -0.2) is 14.8 Å². The SMILES string of the molecule is CCNC(=NCc1coc(-c2ccc(C)cc2)n1)NCCNC(=O)OC(C)(C)C. The fourth-order valence-corrected chi connectivity index (χ4v) is 2.37. The Kier molecular flexibility index (Phi) is 8.06. The number of carbonyl (C=O) groups excluding carboxylic acids is 1. The molecule has 0 fully saturated rings. The van der Waals surface area contributed by atoms with Crippen LogP contribution >= 0.6 is 0 Å². The standard InChI is InChI=1S/C21H31N5O3/c1-6-22-19(23-11-12-24-20(27)29-21(3,4)5)25-13-17-14-28-18(26-17)16-9-7-15(2)8-10-16/h7-10,14H,6,11-13H2,1-5H3,(H,24,27)(H2,22,23,25). The Morgan fingerprint density at radius 3 is 2.48 bits per heavy atom. The van der Waals surface area contributed by atoms with Gasteiger partial charge < -0.3 is 25.1 Å². The molecule has 0 saturated carbocycles. The molecule has 1 amide bonds. The number of amides is 1. The van der Waals surface area contributed by atoms with E-state index in [-0.39, 0.29) is 0 Å². The van der Waals surface area contributed by atoms with Gasteiger partial charge in [0.25, 0.3) is 0 Å². The molecule has 3 N–H and O–H groups in total. The Morgan fingerprint density at radius 1 is 1.14 bits per heavy atom. The van der Waals surface area contributed by atoms with E-state index in [2.05, 4.69) is 25.9 Å². The summed E-state index contributed by atoms with van der Waals surface area (Å²) in [6.07, 6.45) is 1.18. The molecule has 0 saturated heterocycles. The number of ether oxygens (including phenoxy) is 1. The number of aryl methyl sites for hydroxylation is 1. The lowest BCUT2D eigenvalue weighted by Crippen LogP contribution is -2.42. The maximum atomic E-state index is 11.7. The van der Waals surface area contributed by atoms with Gasteiger partial charge in [-0.3, -0.25) is 0 Å². The summed E-state index contributed by atoms with van der Waals surface area (Å²) in [7, 11) is 0. The molecule has 0 bridgehead atoms. The Morgan fingerprint density at radius 2 is 1.83 bits per heavy atom.